The van der Waals surface area contributed by atoms with Crippen LogP contribution in [0.2, 0.25) is 0 Å². The van der Waals surface area contributed by atoms with Crippen LogP contribution in [0.5, 0.6) is 0 Å². The maximum Gasteiger partial charge on any atom is 0.327 e. The fraction of sp³-hybridized carbons (Fsp3) is 0.667. The van der Waals surface area contributed by atoms with Gasteiger partial charge in [0.1, 0.15) is 42.3 Å². The van der Waals surface area contributed by atoms with Crippen LogP contribution in [-0.2, 0) is 47.9 Å². The molecule has 0 rings (SSSR count). The number of rotatable bonds is 24. The number of carboxylic acids is 2. The molecule has 54 heavy (non-hydrogen) atoms. The van der Waals surface area contributed by atoms with Gasteiger partial charge in [-0.15, -0.1) is 0 Å². The number of primary amides is 1. The number of carbonyl (C=O) groups is 10. The molecule has 0 radical (unpaired) electrons. The van der Waals surface area contributed by atoms with Gasteiger partial charge in [-0.2, -0.15) is 12.6 Å². The van der Waals surface area contributed by atoms with E-state index in [1.807, 2.05) is 5.32 Å². The minimum atomic E-state index is -1.92. The molecular weight excluding hydrogens is 742 g/mol. The molecule has 0 aromatic heterocycles. The average molecular weight is 794 g/mol. The molecule has 0 bridgehead atoms. The monoisotopic (exact) mass is 793 g/mol. The van der Waals surface area contributed by atoms with Gasteiger partial charge in [0.15, 0.2) is 0 Å². The first-order chi connectivity index (χ1) is 25.0. The Kier molecular flexibility index (Phi) is 21.4. The van der Waals surface area contributed by atoms with Crippen LogP contribution >= 0.6 is 12.6 Å². The molecular formula is C30H51N9O14S. The first kappa shape index (κ1) is 48.9. The number of thiol groups is 1. The molecule has 0 saturated carbocycles. The van der Waals surface area contributed by atoms with Crippen molar-refractivity contribution in [3.8, 4) is 0 Å². The number of nitrogens with two attached hydrogens (primary N) is 2. The SMILES string of the molecule is CC(NC(=O)C(NC(=O)CN)C(C)C)C(=O)NC(CCC(=O)O)C(=O)NC(C(=O)NC(C(=O)NC(CC(N)=O)C(=O)NC(CS)C(=O)O)C(C)O)C(C)O. The van der Waals surface area contributed by atoms with Crippen LogP contribution in [0.1, 0.15) is 53.9 Å². The molecule has 15 N–H and O–H groups in total. The first-order valence-corrected chi connectivity index (χ1v) is 17.1. The molecule has 0 aliphatic carbocycles. The molecule has 0 heterocycles. The van der Waals surface area contributed by atoms with Crippen LogP contribution in [0.3, 0.4) is 0 Å². The van der Waals surface area contributed by atoms with Gasteiger partial charge < -0.3 is 69.1 Å². The summed E-state index contributed by atoms with van der Waals surface area (Å²) < 4.78 is 0. The lowest BCUT2D eigenvalue weighted by Crippen LogP contribution is -2.63. The lowest BCUT2D eigenvalue weighted by atomic mass is 10.0. The van der Waals surface area contributed by atoms with Crippen molar-refractivity contribution in [2.45, 2.75) is 108 Å². The molecule has 0 aromatic carbocycles. The lowest BCUT2D eigenvalue weighted by molar-refractivity contribution is -0.142. The Balaban J connectivity index is 6.08. The fourth-order valence-corrected chi connectivity index (χ4v) is 4.65. The molecule has 0 aliphatic heterocycles. The summed E-state index contributed by atoms with van der Waals surface area (Å²) in [6, 6.07) is -11.3. The van der Waals surface area contributed by atoms with E-state index >= 15 is 0 Å². The van der Waals surface area contributed by atoms with Gasteiger partial charge in [0, 0.05) is 12.2 Å². The minimum Gasteiger partial charge on any atom is -0.481 e. The molecule has 24 heteroatoms. The zero-order valence-corrected chi connectivity index (χ0v) is 31.2. The molecule has 9 unspecified atom stereocenters. The molecule has 0 spiro atoms. The van der Waals surface area contributed by atoms with Crippen LogP contribution in [-0.4, -0.2) is 146 Å². The quantitative estimate of drug-likeness (QED) is 0.0404. The average Bonchev–Trinajstić information content (AvgIpc) is 3.06. The smallest absolute Gasteiger partial charge is 0.327 e. The van der Waals surface area contributed by atoms with E-state index in [-0.39, 0.29) is 5.75 Å². The molecule has 8 amide bonds. The van der Waals surface area contributed by atoms with Crippen molar-refractivity contribution in [1.29, 1.82) is 0 Å². The Bertz CT molecular complexity index is 1400. The number of carboxylic acid groups (broad SMARTS) is 2. The summed E-state index contributed by atoms with van der Waals surface area (Å²) in [4.78, 5) is 124. The van der Waals surface area contributed by atoms with Crippen molar-refractivity contribution in [2.75, 3.05) is 12.3 Å². The predicted octanol–water partition coefficient (Wildman–Crippen LogP) is -6.47. The van der Waals surface area contributed by atoms with Crippen LogP contribution in [0.15, 0.2) is 0 Å². The third-order valence-corrected chi connectivity index (χ3v) is 7.81. The highest BCUT2D eigenvalue weighted by atomic mass is 32.1. The Labute approximate surface area is 315 Å². The summed E-state index contributed by atoms with van der Waals surface area (Å²) in [7, 11) is 0. The van der Waals surface area contributed by atoms with Crippen molar-refractivity contribution in [3.63, 3.8) is 0 Å². The standard InChI is InChI=1S/C30H51N9O14S/c1-11(2)21(37-19(43)9-31)27(49)33-12(3)24(46)34-15(6-7-20(44)45)25(47)38-23(14(5)41)29(51)39-22(13(4)40)28(50)35-16(8-18(32)42)26(48)36-17(10-54)30(52)53/h11-17,21-23,40-41,54H,6-10,31H2,1-5H3,(H2,32,42)(H,33,49)(H,34,46)(H,35,50)(H,36,48)(H,37,43)(H,38,47)(H,39,51)(H,44,45)(H,52,53). The molecule has 23 nitrogen and oxygen atoms in total. The van der Waals surface area contributed by atoms with Crippen molar-refractivity contribution in [1.82, 2.24) is 37.2 Å². The number of nitrogens with one attached hydrogen (secondary N) is 7. The van der Waals surface area contributed by atoms with Crippen LogP contribution in [0.4, 0.5) is 0 Å². The van der Waals surface area contributed by atoms with E-state index in [9.17, 15) is 68.4 Å². The Morgan fingerprint density at radius 3 is 1.46 bits per heavy atom. The van der Waals surface area contributed by atoms with E-state index in [1.165, 1.54) is 6.92 Å². The van der Waals surface area contributed by atoms with Gasteiger partial charge in [0.25, 0.3) is 0 Å². The zero-order valence-electron chi connectivity index (χ0n) is 30.3. The number of hydrogen-bond donors (Lipinski definition) is 14. The maximum atomic E-state index is 13.3. The molecule has 9 atom stereocenters. The van der Waals surface area contributed by atoms with Crippen LogP contribution in [0.25, 0.3) is 0 Å². The van der Waals surface area contributed by atoms with Crippen LogP contribution < -0.4 is 48.7 Å². The Morgan fingerprint density at radius 2 is 1.04 bits per heavy atom. The van der Waals surface area contributed by atoms with E-state index in [0.717, 1.165) is 13.8 Å². The normalized spacial score (nSPS) is 16.0. The van der Waals surface area contributed by atoms with Gasteiger partial charge in [-0.05, 0) is 33.1 Å². The van der Waals surface area contributed by atoms with Gasteiger partial charge in [0.2, 0.25) is 47.3 Å². The molecule has 0 saturated heterocycles. The first-order valence-electron chi connectivity index (χ1n) is 16.5. The summed E-state index contributed by atoms with van der Waals surface area (Å²) in [6.07, 6.45) is -5.49. The topological polar surface area (TPSA) is 388 Å². The van der Waals surface area contributed by atoms with Crippen molar-refractivity contribution in [3.05, 3.63) is 0 Å². The highest BCUT2D eigenvalue weighted by molar-refractivity contribution is 7.80. The third kappa shape index (κ3) is 17.2. The van der Waals surface area contributed by atoms with E-state index in [1.54, 1.807) is 13.8 Å². The molecule has 306 valence electrons. The van der Waals surface area contributed by atoms with E-state index in [0.29, 0.717) is 0 Å². The van der Waals surface area contributed by atoms with Gasteiger partial charge in [0.05, 0.1) is 25.2 Å². The molecule has 0 fully saturated rings. The van der Waals surface area contributed by atoms with Gasteiger partial charge >= 0.3 is 11.9 Å². The summed E-state index contributed by atoms with van der Waals surface area (Å²) >= 11 is 3.81. The van der Waals surface area contributed by atoms with Crippen molar-refractivity contribution < 1.29 is 68.4 Å². The second-order valence-electron chi connectivity index (χ2n) is 12.5. The van der Waals surface area contributed by atoms with Crippen LogP contribution in [0, 0.1) is 5.92 Å². The number of aliphatic carboxylic acids is 2. The highest BCUT2D eigenvalue weighted by Crippen LogP contribution is 2.06. The number of aliphatic hydroxyl groups is 2. The minimum absolute atomic E-state index is 0.372. The second-order valence-corrected chi connectivity index (χ2v) is 12.8. The predicted molar refractivity (Wildman–Crippen MR) is 189 cm³/mol. The number of aliphatic hydroxyl groups excluding tert-OH is 2. The summed E-state index contributed by atoms with van der Waals surface area (Å²) in [5.74, 6) is -12.1. The second kappa shape index (κ2) is 23.6. The highest BCUT2D eigenvalue weighted by Gasteiger charge is 2.36. The molecule has 0 aromatic rings. The van der Waals surface area contributed by atoms with Crippen molar-refractivity contribution >= 4 is 71.8 Å². The fourth-order valence-electron chi connectivity index (χ4n) is 4.41. The Morgan fingerprint density at radius 1 is 0.593 bits per heavy atom. The van der Waals surface area contributed by atoms with Gasteiger partial charge in [-0.25, -0.2) is 4.79 Å². The number of hydrogen-bond acceptors (Lipinski definition) is 14. The number of amides is 8. The zero-order chi connectivity index (χ0) is 42.0. The lowest BCUT2D eigenvalue weighted by Gasteiger charge is -2.29. The largest absolute Gasteiger partial charge is 0.481 e. The molecule has 0 aliphatic rings. The van der Waals surface area contributed by atoms with Gasteiger partial charge in [-0.3, -0.25) is 43.2 Å². The summed E-state index contributed by atoms with van der Waals surface area (Å²) in [5, 5.41) is 54.4. The number of carbonyl (C=O) groups excluding carboxylic acids is 8. The Hall–Kier alpha value is -5.07. The van der Waals surface area contributed by atoms with Gasteiger partial charge in [-0.1, -0.05) is 13.8 Å². The third-order valence-electron chi connectivity index (χ3n) is 7.44. The van der Waals surface area contributed by atoms with E-state index in [2.05, 4.69) is 44.5 Å². The summed E-state index contributed by atoms with van der Waals surface area (Å²) in [5.41, 5.74) is 10.4. The van der Waals surface area contributed by atoms with E-state index < -0.39 is 145 Å². The van der Waals surface area contributed by atoms with E-state index in [4.69, 9.17) is 11.5 Å². The maximum absolute atomic E-state index is 13.3. The summed E-state index contributed by atoms with van der Waals surface area (Å²) in [6.45, 7) is 6.15. The van der Waals surface area contributed by atoms with Crippen molar-refractivity contribution in [2.24, 2.45) is 17.4 Å².